The molecule has 0 radical (unpaired) electrons. The van der Waals surface area contributed by atoms with Gasteiger partial charge in [-0.25, -0.2) is 0 Å². The van der Waals surface area contributed by atoms with Crippen LogP contribution in [0, 0.1) is 0 Å². The van der Waals surface area contributed by atoms with E-state index in [0.29, 0.717) is 6.42 Å². The van der Waals surface area contributed by atoms with Crippen molar-refractivity contribution in [2.24, 2.45) is 0 Å². The maximum atomic E-state index is 10.2. The van der Waals surface area contributed by atoms with Gasteiger partial charge in [-0.1, -0.05) is 47.0 Å². The molecule has 0 atom stereocenters. The van der Waals surface area contributed by atoms with Crippen LogP contribution in [0.5, 0.6) is 0 Å². The van der Waals surface area contributed by atoms with Gasteiger partial charge in [-0.15, -0.1) is 0 Å². The van der Waals surface area contributed by atoms with E-state index in [0.717, 1.165) is 25.9 Å². The zero-order valence-corrected chi connectivity index (χ0v) is 9.13. The van der Waals surface area contributed by atoms with Gasteiger partial charge in [-0.2, -0.15) is 0 Å². The van der Waals surface area contributed by atoms with Crippen molar-refractivity contribution in [3.05, 3.63) is 0 Å². The lowest BCUT2D eigenvalue weighted by Gasteiger charge is -2.00. The standard InChI is InChI=1S/C11H22O3.2CH4/c1-14-10-8-6-4-2-3-5-7-9-11(12)13;;/h2-10H2,1H3,(H,12,13);2*1H4. The van der Waals surface area contributed by atoms with Crippen molar-refractivity contribution in [3.8, 4) is 0 Å². The molecule has 0 aliphatic carbocycles. The van der Waals surface area contributed by atoms with Gasteiger partial charge in [0, 0.05) is 20.1 Å². The highest BCUT2D eigenvalue weighted by Gasteiger charge is 1.96. The number of unbranched alkanes of at least 4 members (excludes halogenated alkanes) is 6. The summed E-state index contributed by atoms with van der Waals surface area (Å²) in [6, 6.07) is 0. The fraction of sp³-hybridized carbons (Fsp3) is 0.923. The van der Waals surface area contributed by atoms with Crippen molar-refractivity contribution in [3.63, 3.8) is 0 Å². The topological polar surface area (TPSA) is 46.5 Å². The van der Waals surface area contributed by atoms with Gasteiger partial charge in [0.15, 0.2) is 0 Å². The first-order chi connectivity index (χ1) is 6.77. The molecule has 0 spiro atoms. The molecular formula is C13H30O3. The second kappa shape index (κ2) is 16.8. The molecule has 16 heavy (non-hydrogen) atoms. The molecule has 0 aromatic carbocycles. The minimum atomic E-state index is -0.676. The van der Waals surface area contributed by atoms with E-state index in [4.69, 9.17) is 9.84 Å². The fourth-order valence-electron chi connectivity index (χ4n) is 1.41. The van der Waals surface area contributed by atoms with Crippen molar-refractivity contribution in [2.45, 2.75) is 66.2 Å². The Morgan fingerprint density at radius 2 is 1.38 bits per heavy atom. The van der Waals surface area contributed by atoms with Gasteiger partial charge in [0.2, 0.25) is 0 Å². The van der Waals surface area contributed by atoms with Gasteiger partial charge in [0.25, 0.3) is 0 Å². The van der Waals surface area contributed by atoms with Gasteiger partial charge in [-0.05, 0) is 12.8 Å². The second-order valence-electron chi connectivity index (χ2n) is 3.61. The third kappa shape index (κ3) is 19.1. The molecule has 0 bridgehead atoms. The quantitative estimate of drug-likeness (QED) is 0.579. The monoisotopic (exact) mass is 234 g/mol. The van der Waals surface area contributed by atoms with Crippen LogP contribution >= 0.6 is 0 Å². The Morgan fingerprint density at radius 3 is 1.81 bits per heavy atom. The summed E-state index contributed by atoms with van der Waals surface area (Å²) >= 11 is 0. The molecule has 100 valence electrons. The average Bonchev–Trinajstić information content (AvgIpc) is 2.15. The second-order valence-corrected chi connectivity index (χ2v) is 3.61. The number of rotatable bonds is 10. The Labute approximate surface area is 101 Å². The normalized spacial score (nSPS) is 9.06. The molecule has 0 unspecified atom stereocenters. The van der Waals surface area contributed by atoms with Gasteiger partial charge < -0.3 is 9.84 Å². The van der Waals surface area contributed by atoms with E-state index in [-0.39, 0.29) is 14.9 Å². The highest BCUT2D eigenvalue weighted by atomic mass is 16.5. The molecule has 0 saturated carbocycles. The molecular weight excluding hydrogens is 204 g/mol. The van der Waals surface area contributed by atoms with Crippen molar-refractivity contribution in [1.29, 1.82) is 0 Å². The minimum Gasteiger partial charge on any atom is -0.481 e. The van der Waals surface area contributed by atoms with Crippen LogP contribution in [0.3, 0.4) is 0 Å². The number of carboxylic acid groups (broad SMARTS) is 1. The molecule has 0 aliphatic rings. The van der Waals surface area contributed by atoms with Crippen LogP contribution in [0.4, 0.5) is 0 Å². The molecule has 3 nitrogen and oxygen atoms in total. The lowest BCUT2D eigenvalue weighted by molar-refractivity contribution is -0.137. The third-order valence-corrected chi connectivity index (χ3v) is 2.24. The van der Waals surface area contributed by atoms with Crippen LogP contribution < -0.4 is 0 Å². The average molecular weight is 234 g/mol. The van der Waals surface area contributed by atoms with E-state index < -0.39 is 5.97 Å². The number of hydrogen-bond acceptors (Lipinski definition) is 2. The molecule has 0 heterocycles. The van der Waals surface area contributed by atoms with E-state index in [2.05, 4.69) is 0 Å². The third-order valence-electron chi connectivity index (χ3n) is 2.24. The van der Waals surface area contributed by atoms with Crippen molar-refractivity contribution >= 4 is 5.97 Å². The Kier molecular flexibility index (Phi) is 21.9. The number of ether oxygens (including phenoxy) is 1. The van der Waals surface area contributed by atoms with Crippen LogP contribution in [0.2, 0.25) is 0 Å². The number of hydrogen-bond donors (Lipinski definition) is 1. The van der Waals surface area contributed by atoms with Crippen LogP contribution in [0.25, 0.3) is 0 Å². The van der Waals surface area contributed by atoms with Crippen LogP contribution in [0.1, 0.15) is 66.2 Å². The smallest absolute Gasteiger partial charge is 0.303 e. The lowest BCUT2D eigenvalue weighted by atomic mass is 10.1. The fourth-order valence-corrected chi connectivity index (χ4v) is 1.41. The summed E-state index contributed by atoms with van der Waals surface area (Å²) in [6.07, 6.45) is 8.21. The highest BCUT2D eigenvalue weighted by Crippen LogP contribution is 2.08. The Bertz CT molecular complexity index is 135. The number of carboxylic acids is 1. The van der Waals surface area contributed by atoms with Crippen LogP contribution in [-0.2, 0) is 9.53 Å². The van der Waals surface area contributed by atoms with Gasteiger partial charge in [0.1, 0.15) is 0 Å². The number of aliphatic carboxylic acids is 1. The van der Waals surface area contributed by atoms with E-state index in [9.17, 15) is 4.79 Å². The molecule has 1 N–H and O–H groups in total. The maximum Gasteiger partial charge on any atom is 0.303 e. The first-order valence-electron chi connectivity index (χ1n) is 5.48. The summed E-state index contributed by atoms with van der Waals surface area (Å²) in [7, 11) is 1.73. The predicted molar refractivity (Wildman–Crippen MR) is 69.9 cm³/mol. The molecule has 0 rings (SSSR count). The molecule has 0 aliphatic heterocycles. The summed E-state index contributed by atoms with van der Waals surface area (Å²) in [5, 5.41) is 8.40. The summed E-state index contributed by atoms with van der Waals surface area (Å²) in [5.74, 6) is -0.676. The van der Waals surface area contributed by atoms with Crippen LogP contribution in [0.15, 0.2) is 0 Å². The first-order valence-corrected chi connectivity index (χ1v) is 5.48. The largest absolute Gasteiger partial charge is 0.481 e. The SMILES string of the molecule is C.C.COCCCCCCCCCC(=O)O. The summed E-state index contributed by atoms with van der Waals surface area (Å²) < 4.78 is 4.95. The van der Waals surface area contributed by atoms with Crippen molar-refractivity contribution < 1.29 is 14.6 Å². The van der Waals surface area contributed by atoms with Crippen molar-refractivity contribution in [2.75, 3.05) is 13.7 Å². The minimum absolute atomic E-state index is 0. The van der Waals surface area contributed by atoms with Crippen LogP contribution in [-0.4, -0.2) is 24.8 Å². The number of methoxy groups -OCH3 is 1. The Morgan fingerprint density at radius 1 is 0.938 bits per heavy atom. The molecule has 0 fully saturated rings. The summed E-state index contributed by atoms with van der Waals surface area (Å²) in [5.41, 5.74) is 0. The molecule has 0 aromatic heterocycles. The zero-order valence-electron chi connectivity index (χ0n) is 9.13. The summed E-state index contributed by atoms with van der Waals surface area (Å²) in [6.45, 7) is 0.860. The van der Waals surface area contributed by atoms with Crippen molar-refractivity contribution in [1.82, 2.24) is 0 Å². The molecule has 3 heteroatoms. The number of carbonyl (C=O) groups is 1. The van der Waals surface area contributed by atoms with Gasteiger partial charge in [-0.3, -0.25) is 4.79 Å². The maximum absolute atomic E-state index is 10.2. The molecule has 0 amide bonds. The Hall–Kier alpha value is -0.570. The van der Waals surface area contributed by atoms with E-state index in [1.54, 1.807) is 7.11 Å². The van der Waals surface area contributed by atoms with E-state index >= 15 is 0 Å². The highest BCUT2D eigenvalue weighted by molar-refractivity contribution is 5.66. The zero-order chi connectivity index (χ0) is 10.6. The summed E-state index contributed by atoms with van der Waals surface area (Å²) in [4.78, 5) is 10.2. The predicted octanol–water partition coefficient (Wildman–Crippen LogP) is 4.11. The van der Waals surface area contributed by atoms with E-state index in [1.807, 2.05) is 0 Å². The Balaban J connectivity index is -0.000000845. The van der Waals surface area contributed by atoms with Gasteiger partial charge in [0.05, 0.1) is 0 Å². The first kappa shape index (κ1) is 20.8. The lowest BCUT2D eigenvalue weighted by Crippen LogP contribution is -1.93. The van der Waals surface area contributed by atoms with E-state index in [1.165, 1.54) is 25.7 Å². The molecule has 0 saturated heterocycles. The van der Waals surface area contributed by atoms with Gasteiger partial charge >= 0.3 is 5.97 Å². The molecule has 0 aromatic rings.